The van der Waals surface area contributed by atoms with E-state index in [1.807, 2.05) is 20.8 Å². The van der Waals surface area contributed by atoms with Crippen molar-refractivity contribution < 1.29 is 14.3 Å². The summed E-state index contributed by atoms with van der Waals surface area (Å²) in [5, 5.41) is 11.2. The maximum Gasteiger partial charge on any atom is 0.170 e. The summed E-state index contributed by atoms with van der Waals surface area (Å²) >= 11 is 0. The molecule has 0 radical (unpaired) electrons. The summed E-state index contributed by atoms with van der Waals surface area (Å²) in [5.74, 6) is -0.540. The van der Waals surface area contributed by atoms with E-state index in [1.165, 1.54) is 12.1 Å². The van der Waals surface area contributed by atoms with Crippen LogP contribution >= 0.6 is 0 Å². The van der Waals surface area contributed by atoms with Gasteiger partial charge in [0, 0.05) is 5.56 Å². The molecule has 0 atom stereocenters. The van der Waals surface area contributed by atoms with Gasteiger partial charge in [0.2, 0.25) is 0 Å². The van der Waals surface area contributed by atoms with E-state index in [-0.39, 0.29) is 11.6 Å². The van der Waals surface area contributed by atoms with Crippen LogP contribution in [0.15, 0.2) is 23.4 Å². The molecule has 0 amide bonds. The Kier molecular flexibility index (Phi) is 3.37. The Hall–Kier alpha value is -1.78. The fourth-order valence-electron chi connectivity index (χ4n) is 1.13. The van der Waals surface area contributed by atoms with Crippen LogP contribution < -0.4 is 10.5 Å². The fourth-order valence-corrected chi connectivity index (χ4v) is 1.13. The first-order valence-electron chi connectivity index (χ1n) is 4.80. The largest absolute Gasteiger partial charge is 0.485 e. The number of nitrogens with zero attached hydrogens (tertiary/aromatic N) is 1. The van der Waals surface area contributed by atoms with Crippen LogP contribution in [0, 0.1) is 5.82 Å². The summed E-state index contributed by atoms with van der Waals surface area (Å²) in [4.78, 5) is 0. The van der Waals surface area contributed by atoms with Crippen LogP contribution in [0.1, 0.15) is 26.3 Å². The predicted molar refractivity (Wildman–Crippen MR) is 59.3 cm³/mol. The molecule has 0 fully saturated rings. The first-order valence-corrected chi connectivity index (χ1v) is 4.80. The highest BCUT2D eigenvalue weighted by Gasteiger charge is 2.15. The van der Waals surface area contributed by atoms with Crippen molar-refractivity contribution in [2.75, 3.05) is 0 Å². The molecule has 0 saturated heterocycles. The summed E-state index contributed by atoms with van der Waals surface area (Å²) in [6.45, 7) is 5.47. The quantitative estimate of drug-likeness (QED) is 0.351. The summed E-state index contributed by atoms with van der Waals surface area (Å²) in [6, 6.07) is 4.14. The van der Waals surface area contributed by atoms with Crippen LogP contribution in [0.3, 0.4) is 0 Å². The van der Waals surface area contributed by atoms with E-state index in [2.05, 4.69) is 5.16 Å². The van der Waals surface area contributed by atoms with Gasteiger partial charge in [-0.05, 0) is 39.0 Å². The third-order valence-electron chi connectivity index (χ3n) is 1.75. The molecule has 16 heavy (non-hydrogen) atoms. The zero-order valence-electron chi connectivity index (χ0n) is 9.49. The van der Waals surface area contributed by atoms with Crippen molar-refractivity contribution in [1.29, 1.82) is 0 Å². The molecule has 0 aliphatic carbocycles. The maximum absolute atomic E-state index is 13.6. The Morgan fingerprint density at radius 3 is 2.50 bits per heavy atom. The lowest BCUT2D eigenvalue weighted by Crippen LogP contribution is -2.23. The molecule has 0 spiro atoms. The van der Waals surface area contributed by atoms with E-state index in [1.54, 1.807) is 0 Å². The molecule has 4 nitrogen and oxygen atoms in total. The second-order valence-corrected chi connectivity index (χ2v) is 4.34. The average Bonchev–Trinajstić information content (AvgIpc) is 2.18. The van der Waals surface area contributed by atoms with Crippen LogP contribution in [0.2, 0.25) is 0 Å². The zero-order valence-corrected chi connectivity index (χ0v) is 9.49. The van der Waals surface area contributed by atoms with Gasteiger partial charge >= 0.3 is 0 Å². The number of oxime groups is 1. The van der Waals surface area contributed by atoms with Crippen LogP contribution in [0.25, 0.3) is 0 Å². The van der Waals surface area contributed by atoms with E-state index in [9.17, 15) is 4.39 Å². The maximum atomic E-state index is 13.6. The first kappa shape index (κ1) is 12.3. The van der Waals surface area contributed by atoms with Gasteiger partial charge in [0.15, 0.2) is 17.4 Å². The van der Waals surface area contributed by atoms with Crippen molar-refractivity contribution in [2.24, 2.45) is 10.9 Å². The lowest BCUT2D eigenvalue weighted by molar-refractivity contribution is 0.124. The molecule has 1 aromatic carbocycles. The Morgan fingerprint density at radius 1 is 1.44 bits per heavy atom. The number of nitrogens with two attached hydrogens (primary N) is 1. The van der Waals surface area contributed by atoms with Crippen molar-refractivity contribution in [1.82, 2.24) is 0 Å². The molecule has 1 aromatic rings. The lowest BCUT2D eigenvalue weighted by Gasteiger charge is -2.21. The van der Waals surface area contributed by atoms with Crippen molar-refractivity contribution in [2.45, 2.75) is 26.4 Å². The van der Waals surface area contributed by atoms with Gasteiger partial charge in [-0.15, -0.1) is 0 Å². The SMILES string of the molecule is CC(C)(C)Oc1ccc(/C(N)=N/O)cc1F. The topological polar surface area (TPSA) is 67.8 Å². The Morgan fingerprint density at radius 2 is 2.06 bits per heavy atom. The molecule has 1 rings (SSSR count). The molecular formula is C11H15FN2O2. The highest BCUT2D eigenvalue weighted by molar-refractivity contribution is 5.97. The molecule has 0 aromatic heterocycles. The third kappa shape index (κ3) is 3.12. The normalized spacial score (nSPS) is 12.6. The van der Waals surface area contributed by atoms with E-state index in [0.29, 0.717) is 5.56 Å². The number of hydrogen-bond acceptors (Lipinski definition) is 3. The van der Waals surface area contributed by atoms with Crippen LogP contribution in [-0.4, -0.2) is 16.6 Å². The van der Waals surface area contributed by atoms with Crippen molar-refractivity contribution in [3.8, 4) is 5.75 Å². The monoisotopic (exact) mass is 226 g/mol. The molecule has 88 valence electrons. The molecule has 0 bridgehead atoms. The first-order chi connectivity index (χ1) is 7.33. The highest BCUT2D eigenvalue weighted by Crippen LogP contribution is 2.22. The van der Waals surface area contributed by atoms with Gasteiger partial charge in [-0.25, -0.2) is 4.39 Å². The average molecular weight is 226 g/mol. The fraction of sp³-hybridized carbons (Fsp3) is 0.364. The van der Waals surface area contributed by atoms with E-state index in [0.717, 1.165) is 6.07 Å². The minimum atomic E-state index is -0.543. The van der Waals surface area contributed by atoms with E-state index in [4.69, 9.17) is 15.7 Å². The van der Waals surface area contributed by atoms with E-state index < -0.39 is 11.4 Å². The molecule has 5 heteroatoms. The number of hydrogen-bond donors (Lipinski definition) is 2. The van der Waals surface area contributed by atoms with Gasteiger partial charge in [0.25, 0.3) is 0 Å². The third-order valence-corrected chi connectivity index (χ3v) is 1.75. The second-order valence-electron chi connectivity index (χ2n) is 4.34. The Bertz CT molecular complexity index is 411. The molecule has 0 heterocycles. The lowest BCUT2D eigenvalue weighted by atomic mass is 10.1. The summed E-state index contributed by atoms with van der Waals surface area (Å²) in [7, 11) is 0. The number of amidine groups is 1. The van der Waals surface area contributed by atoms with Crippen molar-refractivity contribution in [3.63, 3.8) is 0 Å². The zero-order chi connectivity index (χ0) is 12.3. The number of rotatable bonds is 2. The summed E-state index contributed by atoms with van der Waals surface area (Å²) < 4.78 is 18.9. The Balaban J connectivity index is 3.01. The predicted octanol–water partition coefficient (Wildman–Crippen LogP) is 2.10. The molecule has 3 N–H and O–H groups in total. The van der Waals surface area contributed by atoms with Crippen molar-refractivity contribution >= 4 is 5.84 Å². The van der Waals surface area contributed by atoms with Crippen molar-refractivity contribution in [3.05, 3.63) is 29.6 Å². The van der Waals surface area contributed by atoms with E-state index >= 15 is 0 Å². The minimum Gasteiger partial charge on any atom is -0.485 e. The van der Waals surface area contributed by atoms with Crippen LogP contribution in [0.5, 0.6) is 5.75 Å². The molecule has 0 aliphatic rings. The molecule has 0 unspecified atom stereocenters. The highest BCUT2D eigenvalue weighted by atomic mass is 19.1. The van der Waals surface area contributed by atoms with Gasteiger partial charge in [-0.2, -0.15) is 0 Å². The molecule has 0 saturated carbocycles. The minimum absolute atomic E-state index is 0.138. The molecular weight excluding hydrogens is 211 g/mol. The number of benzene rings is 1. The standard InChI is InChI=1S/C11H15FN2O2/c1-11(2,3)16-9-5-4-7(6-8(9)12)10(13)14-15/h4-6,15H,1-3H3,(H2,13,14). The number of halogens is 1. The smallest absolute Gasteiger partial charge is 0.170 e. The Labute approximate surface area is 93.5 Å². The van der Waals surface area contributed by atoms with Gasteiger partial charge in [0.05, 0.1) is 0 Å². The van der Waals surface area contributed by atoms with Gasteiger partial charge in [-0.1, -0.05) is 5.16 Å². The second kappa shape index (κ2) is 4.38. The van der Waals surface area contributed by atoms with Crippen LogP contribution in [-0.2, 0) is 0 Å². The summed E-state index contributed by atoms with van der Waals surface area (Å²) in [6.07, 6.45) is 0. The number of ether oxygens (including phenoxy) is 1. The van der Waals surface area contributed by atoms with Gasteiger partial charge < -0.3 is 15.7 Å². The van der Waals surface area contributed by atoms with Crippen LogP contribution in [0.4, 0.5) is 4.39 Å². The molecule has 0 aliphatic heterocycles. The van der Waals surface area contributed by atoms with Gasteiger partial charge in [0.1, 0.15) is 5.60 Å². The van der Waals surface area contributed by atoms with Gasteiger partial charge in [-0.3, -0.25) is 0 Å². The summed E-state index contributed by atoms with van der Waals surface area (Å²) in [5.41, 5.74) is 5.17.